The lowest BCUT2D eigenvalue weighted by Crippen LogP contribution is -2.29. The molecule has 142 valence electrons. The van der Waals surface area contributed by atoms with E-state index in [1.54, 1.807) is 0 Å². The number of carbonyl (C=O) groups is 1. The van der Waals surface area contributed by atoms with Crippen LogP contribution >= 0.6 is 0 Å². The number of benzene rings is 2. The third-order valence-electron chi connectivity index (χ3n) is 3.46. The van der Waals surface area contributed by atoms with Crippen LogP contribution in [0.4, 0.5) is 28.0 Å². The molecule has 0 radical (unpaired) electrons. The Morgan fingerprint density at radius 3 is 1.88 bits per heavy atom. The molecule has 3 nitrogen and oxygen atoms in total. The Hall–Kier alpha value is -2.57. The summed E-state index contributed by atoms with van der Waals surface area (Å²) in [6.45, 7) is 6.87. The molecular formula is C19H21F4NO2. The summed E-state index contributed by atoms with van der Waals surface area (Å²) in [5.41, 5.74) is -0.0147. The fourth-order valence-corrected chi connectivity index (χ4v) is 2.20. The molecule has 2 rings (SSSR count). The van der Waals surface area contributed by atoms with Gasteiger partial charge in [-0.1, -0.05) is 13.8 Å². The Balaban J connectivity index is 0.00000163. The van der Waals surface area contributed by atoms with Crippen LogP contribution in [0.1, 0.15) is 30.5 Å². The minimum Gasteiger partial charge on any atom is -0.409 e. The van der Waals surface area contributed by atoms with E-state index in [0.29, 0.717) is 5.69 Å². The first-order chi connectivity index (χ1) is 12.1. The highest BCUT2D eigenvalue weighted by Gasteiger charge is 2.32. The molecule has 1 amide bonds. The lowest BCUT2D eigenvalue weighted by molar-refractivity contribution is -0.137. The average Bonchev–Trinajstić information content (AvgIpc) is 2.58. The van der Waals surface area contributed by atoms with Crippen LogP contribution in [0.25, 0.3) is 0 Å². The van der Waals surface area contributed by atoms with Crippen LogP contribution in [0.3, 0.4) is 0 Å². The van der Waals surface area contributed by atoms with Crippen molar-refractivity contribution in [3.8, 4) is 5.75 Å². The van der Waals surface area contributed by atoms with Crippen molar-refractivity contribution < 1.29 is 27.1 Å². The molecule has 0 N–H and O–H groups in total. The molecule has 0 aliphatic heterocycles. The zero-order valence-corrected chi connectivity index (χ0v) is 15.2. The van der Waals surface area contributed by atoms with E-state index in [-0.39, 0.29) is 16.9 Å². The van der Waals surface area contributed by atoms with Gasteiger partial charge in [-0.3, -0.25) is 4.90 Å². The van der Waals surface area contributed by atoms with Crippen molar-refractivity contribution in [3.63, 3.8) is 0 Å². The van der Waals surface area contributed by atoms with Gasteiger partial charge in [0.1, 0.15) is 11.6 Å². The lowest BCUT2D eigenvalue weighted by atomic mass is 10.1. The van der Waals surface area contributed by atoms with E-state index in [4.69, 9.17) is 4.74 Å². The van der Waals surface area contributed by atoms with E-state index >= 15 is 0 Å². The molecule has 0 heterocycles. The first kappa shape index (κ1) is 21.5. The number of aryl methyl sites for hydroxylation is 2. The van der Waals surface area contributed by atoms with Crippen molar-refractivity contribution in [2.75, 3.05) is 11.9 Å². The monoisotopic (exact) mass is 371 g/mol. The van der Waals surface area contributed by atoms with Gasteiger partial charge < -0.3 is 4.74 Å². The van der Waals surface area contributed by atoms with Crippen molar-refractivity contribution in [3.05, 3.63) is 58.9 Å². The van der Waals surface area contributed by atoms with Crippen molar-refractivity contribution in [1.82, 2.24) is 0 Å². The van der Waals surface area contributed by atoms with Gasteiger partial charge in [0.25, 0.3) is 0 Å². The molecule has 2 aromatic rings. The number of carbonyl (C=O) groups excluding carboxylic acids is 1. The summed E-state index contributed by atoms with van der Waals surface area (Å²) in [6, 6.07) is 7.01. The number of hydrogen-bond acceptors (Lipinski definition) is 2. The number of amides is 1. The molecule has 0 spiro atoms. The maximum atomic E-state index is 12.9. The second-order valence-corrected chi connectivity index (χ2v) is 5.34. The topological polar surface area (TPSA) is 29.5 Å². The summed E-state index contributed by atoms with van der Waals surface area (Å²) in [5.74, 6) is -0.378. The summed E-state index contributed by atoms with van der Waals surface area (Å²) in [4.78, 5) is 13.3. The molecular weight excluding hydrogens is 350 g/mol. The number of ether oxygens (including phenoxy) is 1. The first-order valence-electron chi connectivity index (χ1n) is 7.99. The Bertz CT molecular complexity index is 732. The number of anilines is 1. The van der Waals surface area contributed by atoms with E-state index in [2.05, 4.69) is 0 Å². The Labute approximate surface area is 150 Å². The molecule has 0 aromatic heterocycles. The minimum absolute atomic E-state index is 0.0713. The molecule has 0 bridgehead atoms. The summed E-state index contributed by atoms with van der Waals surface area (Å²) >= 11 is 0. The quantitative estimate of drug-likeness (QED) is 0.595. The van der Waals surface area contributed by atoms with Crippen LogP contribution in [0.5, 0.6) is 5.75 Å². The van der Waals surface area contributed by atoms with Crippen molar-refractivity contribution in [1.29, 1.82) is 0 Å². The highest BCUT2D eigenvalue weighted by molar-refractivity contribution is 5.88. The fourth-order valence-electron chi connectivity index (χ4n) is 2.20. The number of hydrogen-bond donors (Lipinski definition) is 0. The van der Waals surface area contributed by atoms with Crippen molar-refractivity contribution in [2.45, 2.75) is 33.9 Å². The van der Waals surface area contributed by atoms with Crippen LogP contribution in [-0.2, 0) is 6.18 Å². The van der Waals surface area contributed by atoms with Crippen LogP contribution in [0.15, 0.2) is 36.4 Å². The molecule has 26 heavy (non-hydrogen) atoms. The number of rotatable bonds is 2. The Morgan fingerprint density at radius 2 is 1.46 bits per heavy atom. The van der Waals surface area contributed by atoms with Gasteiger partial charge in [0, 0.05) is 12.7 Å². The van der Waals surface area contributed by atoms with Crippen LogP contribution in [0, 0.1) is 19.7 Å². The maximum Gasteiger partial charge on any atom is 0.419 e. The predicted octanol–water partition coefficient (Wildman–Crippen LogP) is 6.12. The van der Waals surface area contributed by atoms with Gasteiger partial charge in [-0.2, -0.15) is 13.2 Å². The second kappa shape index (κ2) is 8.69. The fraction of sp³-hybridized carbons (Fsp3) is 0.316. The predicted molar refractivity (Wildman–Crippen MR) is 93.1 cm³/mol. The van der Waals surface area contributed by atoms with Crippen molar-refractivity contribution in [2.24, 2.45) is 0 Å². The zero-order chi connectivity index (χ0) is 20.1. The number of nitrogens with zero attached hydrogens (tertiary/aromatic N) is 1. The molecule has 0 saturated carbocycles. The highest BCUT2D eigenvalue weighted by atomic mass is 19.4. The van der Waals surface area contributed by atoms with Gasteiger partial charge in [-0.05, 0) is 61.4 Å². The van der Waals surface area contributed by atoms with Gasteiger partial charge in [-0.15, -0.1) is 0 Å². The van der Waals surface area contributed by atoms with Gasteiger partial charge in [-0.25, -0.2) is 9.18 Å². The lowest BCUT2D eigenvalue weighted by Gasteiger charge is -2.19. The van der Waals surface area contributed by atoms with Crippen LogP contribution < -0.4 is 9.64 Å². The Kier molecular flexibility index (Phi) is 7.18. The third-order valence-corrected chi connectivity index (χ3v) is 3.46. The molecule has 0 atom stereocenters. The van der Waals surface area contributed by atoms with Gasteiger partial charge in [0.15, 0.2) is 0 Å². The number of alkyl halides is 3. The van der Waals surface area contributed by atoms with Gasteiger partial charge in [0.05, 0.1) is 5.56 Å². The molecule has 0 fully saturated rings. The van der Waals surface area contributed by atoms with E-state index in [0.717, 1.165) is 17.0 Å². The summed E-state index contributed by atoms with van der Waals surface area (Å²) in [5, 5.41) is 0. The summed E-state index contributed by atoms with van der Waals surface area (Å²) < 4.78 is 56.5. The van der Waals surface area contributed by atoms with E-state index in [1.165, 1.54) is 45.2 Å². The minimum atomic E-state index is -4.47. The summed E-state index contributed by atoms with van der Waals surface area (Å²) in [6.07, 6.45) is -5.25. The molecule has 0 aliphatic rings. The zero-order valence-electron chi connectivity index (χ0n) is 15.2. The second-order valence-electron chi connectivity index (χ2n) is 5.34. The van der Waals surface area contributed by atoms with E-state index < -0.39 is 23.7 Å². The maximum absolute atomic E-state index is 12.9. The molecule has 0 saturated heterocycles. The highest BCUT2D eigenvalue weighted by Crippen LogP contribution is 2.34. The standard InChI is InChI=1S/C17H15F4NO2.C2H6/c1-10-8-12(17(19,20)21)9-11(2)15(10)24-16(23)22(3)14-6-4-13(18)5-7-14;1-2/h4-9H,1-3H3;1-2H3. The van der Waals surface area contributed by atoms with Crippen LogP contribution in [0.2, 0.25) is 0 Å². The van der Waals surface area contributed by atoms with Crippen LogP contribution in [-0.4, -0.2) is 13.1 Å². The third kappa shape index (κ3) is 5.21. The average molecular weight is 371 g/mol. The normalized spacial score (nSPS) is 10.7. The molecule has 2 aromatic carbocycles. The van der Waals surface area contributed by atoms with Gasteiger partial charge in [0.2, 0.25) is 0 Å². The smallest absolute Gasteiger partial charge is 0.409 e. The Morgan fingerprint density at radius 1 is 1.00 bits per heavy atom. The summed E-state index contributed by atoms with van der Waals surface area (Å²) in [7, 11) is 1.42. The first-order valence-corrected chi connectivity index (χ1v) is 7.99. The number of halogens is 4. The largest absolute Gasteiger partial charge is 0.419 e. The molecule has 7 heteroatoms. The van der Waals surface area contributed by atoms with Gasteiger partial charge >= 0.3 is 12.3 Å². The van der Waals surface area contributed by atoms with E-state index in [9.17, 15) is 22.4 Å². The molecule has 0 unspecified atom stereocenters. The van der Waals surface area contributed by atoms with E-state index in [1.807, 2.05) is 13.8 Å². The SMILES string of the molecule is CC.Cc1cc(C(F)(F)F)cc(C)c1OC(=O)N(C)c1ccc(F)cc1. The van der Waals surface area contributed by atoms with Crippen molar-refractivity contribution >= 4 is 11.8 Å². The molecule has 0 aliphatic carbocycles.